The maximum absolute atomic E-state index is 12.9. The number of carbonyl (C=O) groups is 1. The summed E-state index contributed by atoms with van der Waals surface area (Å²) in [4.78, 5) is 11.2. The topological polar surface area (TPSA) is 92.5 Å². The van der Waals surface area contributed by atoms with Crippen LogP contribution in [0.1, 0.15) is 19.4 Å². The van der Waals surface area contributed by atoms with Crippen LogP contribution in [0.2, 0.25) is 0 Å². The number of nitrogens with zero attached hydrogens (tertiary/aromatic N) is 3. The summed E-state index contributed by atoms with van der Waals surface area (Å²) < 4.78 is 64.9. The van der Waals surface area contributed by atoms with Crippen molar-refractivity contribution in [2.75, 3.05) is 6.54 Å². The van der Waals surface area contributed by atoms with Gasteiger partial charge in [0.15, 0.2) is 5.03 Å². The second-order valence-electron chi connectivity index (χ2n) is 5.76. The number of rotatable bonds is 3. The molecular weight excluding hydrogens is 327 g/mol. The van der Waals surface area contributed by atoms with Crippen molar-refractivity contribution in [3.63, 3.8) is 0 Å². The first-order chi connectivity index (χ1) is 9.80. The summed E-state index contributed by atoms with van der Waals surface area (Å²) in [5, 5.41) is 11.4. The zero-order valence-electron chi connectivity index (χ0n) is 11.9. The van der Waals surface area contributed by atoms with Crippen LogP contribution in [0.3, 0.4) is 0 Å². The van der Waals surface area contributed by atoms with E-state index < -0.39 is 44.2 Å². The lowest BCUT2D eigenvalue weighted by Crippen LogP contribution is -2.67. The lowest BCUT2D eigenvalue weighted by molar-refractivity contribution is -0.153. The number of aromatic nitrogens is 2. The van der Waals surface area contributed by atoms with Gasteiger partial charge in [-0.25, -0.2) is 8.42 Å². The number of carboxylic acids is 1. The first-order valence-corrected chi connectivity index (χ1v) is 7.58. The average Bonchev–Trinajstić information content (AvgIpc) is 2.67. The van der Waals surface area contributed by atoms with E-state index >= 15 is 0 Å². The van der Waals surface area contributed by atoms with Gasteiger partial charge in [-0.2, -0.15) is 22.6 Å². The lowest BCUT2D eigenvalue weighted by Gasteiger charge is -2.50. The van der Waals surface area contributed by atoms with Crippen LogP contribution >= 0.6 is 0 Å². The molecule has 2 heterocycles. The van der Waals surface area contributed by atoms with Gasteiger partial charge in [-0.05, 0) is 0 Å². The fourth-order valence-corrected chi connectivity index (χ4v) is 4.78. The minimum Gasteiger partial charge on any atom is -0.480 e. The van der Waals surface area contributed by atoms with Gasteiger partial charge in [-0.15, -0.1) is 0 Å². The number of aliphatic carboxylic acids is 1. The molecule has 1 fully saturated rings. The third-order valence-electron chi connectivity index (χ3n) is 3.57. The van der Waals surface area contributed by atoms with Crippen molar-refractivity contribution in [2.24, 2.45) is 12.5 Å². The normalized spacial score (nSPS) is 22.4. The molecule has 1 aliphatic rings. The van der Waals surface area contributed by atoms with Crippen LogP contribution in [0.5, 0.6) is 0 Å². The summed E-state index contributed by atoms with van der Waals surface area (Å²) in [6, 6.07) is -1.42. The number of hydrogen-bond acceptors (Lipinski definition) is 4. The Morgan fingerprint density at radius 2 is 2.00 bits per heavy atom. The van der Waals surface area contributed by atoms with Gasteiger partial charge in [0.25, 0.3) is 10.0 Å². The highest BCUT2D eigenvalue weighted by Crippen LogP contribution is 2.43. The maximum Gasteiger partial charge on any atom is 0.420 e. The molecule has 1 aromatic rings. The van der Waals surface area contributed by atoms with Crippen LogP contribution in [0, 0.1) is 5.41 Å². The Morgan fingerprint density at radius 3 is 2.41 bits per heavy atom. The number of hydrogen-bond donors (Lipinski definition) is 1. The molecule has 1 aromatic heterocycles. The van der Waals surface area contributed by atoms with Gasteiger partial charge in [0.2, 0.25) is 0 Å². The fourth-order valence-electron chi connectivity index (χ4n) is 2.58. The highest BCUT2D eigenvalue weighted by atomic mass is 32.2. The Kier molecular flexibility index (Phi) is 3.57. The van der Waals surface area contributed by atoms with Gasteiger partial charge in [-0.1, -0.05) is 13.8 Å². The van der Waals surface area contributed by atoms with Crippen LogP contribution in [0.15, 0.2) is 11.2 Å². The second kappa shape index (κ2) is 4.69. The Morgan fingerprint density at radius 1 is 1.45 bits per heavy atom. The zero-order chi connectivity index (χ0) is 17.1. The number of halogens is 3. The van der Waals surface area contributed by atoms with Crippen LogP contribution in [0.4, 0.5) is 13.2 Å². The van der Waals surface area contributed by atoms with Gasteiger partial charge in [0.05, 0.1) is 6.20 Å². The number of sulfonamides is 1. The smallest absolute Gasteiger partial charge is 0.420 e. The monoisotopic (exact) mass is 341 g/mol. The van der Waals surface area contributed by atoms with Crippen molar-refractivity contribution >= 4 is 16.0 Å². The molecule has 124 valence electrons. The summed E-state index contributed by atoms with van der Waals surface area (Å²) in [6.45, 7) is 2.88. The molecule has 7 nitrogen and oxygen atoms in total. The third-order valence-corrected chi connectivity index (χ3v) is 5.50. The molecule has 1 atom stereocenters. The van der Waals surface area contributed by atoms with E-state index in [0.717, 1.165) is 7.05 Å². The summed E-state index contributed by atoms with van der Waals surface area (Å²) in [6.07, 6.45) is -4.50. The van der Waals surface area contributed by atoms with Gasteiger partial charge in [0.1, 0.15) is 11.6 Å². The molecule has 0 radical (unpaired) electrons. The van der Waals surface area contributed by atoms with Crippen molar-refractivity contribution in [1.29, 1.82) is 0 Å². The van der Waals surface area contributed by atoms with Crippen molar-refractivity contribution in [2.45, 2.75) is 31.1 Å². The molecular formula is C11H14F3N3O4S. The van der Waals surface area contributed by atoms with Gasteiger partial charge in [0, 0.05) is 19.0 Å². The van der Waals surface area contributed by atoms with E-state index in [4.69, 9.17) is 5.11 Å². The predicted molar refractivity (Wildman–Crippen MR) is 67.3 cm³/mol. The Bertz CT molecular complexity index is 723. The largest absolute Gasteiger partial charge is 0.480 e. The van der Waals surface area contributed by atoms with Crippen LogP contribution in [-0.4, -0.2) is 46.2 Å². The number of carboxylic acid groups (broad SMARTS) is 1. The number of alkyl halides is 3. The van der Waals surface area contributed by atoms with Crippen molar-refractivity contribution < 1.29 is 31.5 Å². The average molecular weight is 341 g/mol. The van der Waals surface area contributed by atoms with Gasteiger partial charge >= 0.3 is 12.1 Å². The van der Waals surface area contributed by atoms with E-state index in [1.54, 1.807) is 0 Å². The van der Waals surface area contributed by atoms with E-state index in [0.29, 0.717) is 15.2 Å². The molecule has 0 amide bonds. The Balaban J connectivity index is 2.54. The minimum atomic E-state index is -4.91. The SMILES string of the molecule is Cn1ncc(C(F)(F)F)c1S(=O)(=O)N1CC(C)(C)C1C(=O)O. The number of aryl methyl sites for hydroxylation is 1. The predicted octanol–water partition coefficient (Wildman–Crippen LogP) is 0.923. The van der Waals surface area contributed by atoms with Gasteiger partial charge < -0.3 is 5.11 Å². The van der Waals surface area contributed by atoms with E-state index in [1.807, 2.05) is 0 Å². The molecule has 1 aliphatic heterocycles. The summed E-state index contributed by atoms with van der Waals surface area (Å²) >= 11 is 0. The van der Waals surface area contributed by atoms with Crippen molar-refractivity contribution in [3.8, 4) is 0 Å². The highest BCUT2D eigenvalue weighted by Gasteiger charge is 2.57. The highest BCUT2D eigenvalue weighted by molar-refractivity contribution is 7.89. The van der Waals surface area contributed by atoms with Gasteiger partial charge in [-0.3, -0.25) is 9.48 Å². The third kappa shape index (κ3) is 2.37. The first-order valence-electron chi connectivity index (χ1n) is 6.14. The Labute approximate surface area is 124 Å². The zero-order valence-corrected chi connectivity index (χ0v) is 12.7. The molecule has 1 N–H and O–H groups in total. The molecule has 11 heteroatoms. The van der Waals surface area contributed by atoms with E-state index in [9.17, 15) is 26.4 Å². The summed E-state index contributed by atoms with van der Waals surface area (Å²) in [7, 11) is -3.58. The second-order valence-corrected chi connectivity index (χ2v) is 7.57. The fraction of sp³-hybridized carbons (Fsp3) is 0.636. The Hall–Kier alpha value is -1.62. The molecule has 2 rings (SSSR count). The lowest BCUT2D eigenvalue weighted by atomic mass is 9.77. The molecule has 1 unspecified atom stereocenters. The molecule has 0 bridgehead atoms. The minimum absolute atomic E-state index is 0.186. The van der Waals surface area contributed by atoms with E-state index in [1.165, 1.54) is 13.8 Å². The maximum atomic E-state index is 12.9. The summed E-state index contributed by atoms with van der Waals surface area (Å²) in [5.41, 5.74) is -2.28. The van der Waals surface area contributed by atoms with Crippen LogP contribution in [-0.2, 0) is 28.0 Å². The molecule has 0 aliphatic carbocycles. The molecule has 0 saturated carbocycles. The van der Waals surface area contributed by atoms with Crippen molar-refractivity contribution in [3.05, 3.63) is 11.8 Å². The van der Waals surface area contributed by atoms with E-state index in [-0.39, 0.29) is 6.54 Å². The quantitative estimate of drug-likeness (QED) is 0.883. The van der Waals surface area contributed by atoms with Crippen molar-refractivity contribution in [1.82, 2.24) is 14.1 Å². The van der Waals surface area contributed by atoms with Crippen LogP contribution < -0.4 is 0 Å². The molecule has 22 heavy (non-hydrogen) atoms. The first kappa shape index (κ1) is 16.7. The summed E-state index contributed by atoms with van der Waals surface area (Å²) in [5.74, 6) is -1.41. The molecule has 0 aromatic carbocycles. The van der Waals surface area contributed by atoms with Crippen LogP contribution in [0.25, 0.3) is 0 Å². The van der Waals surface area contributed by atoms with E-state index in [2.05, 4.69) is 5.10 Å². The molecule has 1 saturated heterocycles. The molecule has 0 spiro atoms. The standard InChI is InChI=1S/C11H14F3N3O4S/c1-10(2)5-17(7(10)9(18)19)22(20,21)8-6(11(12,13)14)4-15-16(8)3/h4,7H,5H2,1-3H3,(H,18,19).